The monoisotopic (exact) mass is 465 g/mol. The predicted molar refractivity (Wildman–Crippen MR) is 136 cm³/mol. The number of hydrogen-bond donors (Lipinski definition) is 2. The predicted octanol–water partition coefficient (Wildman–Crippen LogP) is 5.17. The topological polar surface area (TPSA) is 88.6 Å². The molecule has 3 heterocycles. The number of anilines is 2. The van der Waals surface area contributed by atoms with Crippen molar-refractivity contribution in [3.8, 4) is 5.88 Å². The van der Waals surface area contributed by atoms with Gasteiger partial charge in [-0.1, -0.05) is 19.9 Å². The Bertz CT molecular complexity index is 1050. The van der Waals surface area contributed by atoms with Crippen molar-refractivity contribution in [1.29, 1.82) is 0 Å². The lowest BCUT2D eigenvalue weighted by atomic mass is 9.98. The van der Waals surface area contributed by atoms with Gasteiger partial charge in [0.25, 0.3) is 0 Å². The zero-order valence-corrected chi connectivity index (χ0v) is 20.5. The van der Waals surface area contributed by atoms with Gasteiger partial charge in [0.15, 0.2) is 0 Å². The fourth-order valence-electron chi connectivity index (χ4n) is 3.77. The molecule has 1 aliphatic heterocycles. The number of rotatable bonds is 7. The second-order valence-electron chi connectivity index (χ2n) is 8.13. The maximum atomic E-state index is 11.5. The van der Waals surface area contributed by atoms with Gasteiger partial charge < -0.3 is 19.7 Å². The second-order valence-corrected chi connectivity index (χ2v) is 8.13. The number of fused-ring (bicyclic) bond motifs is 1. The molecule has 0 bridgehead atoms. The number of carbonyl (C=O) groups excluding carboxylic acids is 1. The Labute approximate surface area is 201 Å². The van der Waals surface area contributed by atoms with Gasteiger partial charge in [-0.3, -0.25) is 5.32 Å². The normalized spacial score (nSPS) is 14.1. The highest BCUT2D eigenvalue weighted by atomic mass is 16.5. The van der Waals surface area contributed by atoms with Crippen LogP contribution in [0.3, 0.4) is 0 Å². The molecule has 1 fully saturated rings. The van der Waals surface area contributed by atoms with E-state index in [1.54, 1.807) is 6.20 Å². The standard InChI is InChI=1S/C24H29N5O3.C2H6/c1-29-11-8-17(9-12-29)16-32-22-6-3-18(15-27-22)14-26-20-4-5-21-19(13-20)7-10-25-23(21)28-24(30)31-2;1-2/h3-7,10,13,15,17,26H,8-9,11-12,14,16H2,1-2H3,(H,25,28,30);1-2H3. The van der Waals surface area contributed by atoms with Crippen molar-refractivity contribution in [2.45, 2.75) is 33.2 Å². The summed E-state index contributed by atoms with van der Waals surface area (Å²) in [6.45, 7) is 7.66. The van der Waals surface area contributed by atoms with Crippen molar-refractivity contribution in [2.75, 3.05) is 44.5 Å². The third-order valence-corrected chi connectivity index (χ3v) is 5.77. The molecule has 1 saturated heterocycles. The first kappa shape index (κ1) is 25.2. The molecule has 3 aromatic rings. The van der Waals surface area contributed by atoms with Crippen LogP contribution < -0.4 is 15.4 Å². The number of amides is 1. The molecule has 0 aliphatic carbocycles. The lowest BCUT2D eigenvalue weighted by Crippen LogP contribution is -2.32. The lowest BCUT2D eigenvalue weighted by Gasteiger charge is -2.28. The highest BCUT2D eigenvalue weighted by molar-refractivity contribution is 5.99. The first-order valence-electron chi connectivity index (χ1n) is 11.8. The van der Waals surface area contributed by atoms with Gasteiger partial charge in [0.1, 0.15) is 5.82 Å². The summed E-state index contributed by atoms with van der Waals surface area (Å²) in [5.41, 5.74) is 2.04. The second kappa shape index (κ2) is 12.7. The van der Waals surface area contributed by atoms with Crippen LogP contribution >= 0.6 is 0 Å². The van der Waals surface area contributed by atoms with Crippen molar-refractivity contribution in [2.24, 2.45) is 5.92 Å². The smallest absolute Gasteiger partial charge is 0.412 e. The van der Waals surface area contributed by atoms with E-state index in [9.17, 15) is 4.79 Å². The third-order valence-electron chi connectivity index (χ3n) is 5.77. The number of piperidine rings is 1. The van der Waals surface area contributed by atoms with Gasteiger partial charge in [-0.25, -0.2) is 14.8 Å². The Morgan fingerprint density at radius 3 is 2.62 bits per heavy atom. The SMILES string of the molecule is CC.COC(=O)Nc1nccc2cc(NCc3ccc(OCC4CCN(C)CC4)nc3)ccc12. The van der Waals surface area contributed by atoms with Gasteiger partial charge >= 0.3 is 6.09 Å². The van der Waals surface area contributed by atoms with Crippen LogP contribution in [0.2, 0.25) is 0 Å². The number of hydrogen-bond acceptors (Lipinski definition) is 7. The number of ether oxygens (including phenoxy) is 2. The van der Waals surface area contributed by atoms with E-state index >= 15 is 0 Å². The van der Waals surface area contributed by atoms with E-state index in [0.29, 0.717) is 24.2 Å². The van der Waals surface area contributed by atoms with Crippen molar-refractivity contribution in [3.05, 3.63) is 54.4 Å². The number of benzene rings is 1. The Morgan fingerprint density at radius 2 is 1.91 bits per heavy atom. The molecule has 0 radical (unpaired) electrons. The summed E-state index contributed by atoms with van der Waals surface area (Å²) in [5, 5.41) is 7.86. The number of likely N-dealkylation sites (tertiary alicyclic amines) is 1. The highest BCUT2D eigenvalue weighted by Crippen LogP contribution is 2.25. The zero-order valence-electron chi connectivity index (χ0n) is 20.5. The Hall–Kier alpha value is -3.39. The summed E-state index contributed by atoms with van der Waals surface area (Å²) in [5.74, 6) is 1.76. The number of methoxy groups -OCH3 is 1. The zero-order chi connectivity index (χ0) is 24.3. The van der Waals surface area contributed by atoms with E-state index in [1.807, 2.05) is 56.4 Å². The maximum absolute atomic E-state index is 11.5. The average molecular weight is 466 g/mol. The molecule has 0 atom stereocenters. The van der Waals surface area contributed by atoms with Crippen LogP contribution in [0.25, 0.3) is 10.8 Å². The summed E-state index contributed by atoms with van der Waals surface area (Å²) >= 11 is 0. The fraction of sp³-hybridized carbons (Fsp3) is 0.423. The fourth-order valence-corrected chi connectivity index (χ4v) is 3.77. The molecule has 0 spiro atoms. The van der Waals surface area contributed by atoms with Gasteiger partial charge in [0.05, 0.1) is 13.7 Å². The Balaban J connectivity index is 0.00000158. The summed E-state index contributed by atoms with van der Waals surface area (Å²) in [4.78, 5) is 22.5. The number of pyridine rings is 2. The van der Waals surface area contributed by atoms with Crippen molar-refractivity contribution in [3.63, 3.8) is 0 Å². The van der Waals surface area contributed by atoms with E-state index in [1.165, 1.54) is 20.0 Å². The first-order valence-corrected chi connectivity index (χ1v) is 11.8. The van der Waals surface area contributed by atoms with Crippen LogP contribution in [0.5, 0.6) is 5.88 Å². The summed E-state index contributed by atoms with van der Waals surface area (Å²) < 4.78 is 10.6. The quantitative estimate of drug-likeness (QED) is 0.498. The highest BCUT2D eigenvalue weighted by Gasteiger charge is 2.17. The molecule has 0 saturated carbocycles. The Kier molecular flexibility index (Phi) is 9.46. The molecule has 8 heteroatoms. The molecule has 34 heavy (non-hydrogen) atoms. The van der Waals surface area contributed by atoms with Crippen molar-refractivity contribution in [1.82, 2.24) is 14.9 Å². The van der Waals surface area contributed by atoms with Crippen LogP contribution in [0.4, 0.5) is 16.3 Å². The molecular weight excluding hydrogens is 430 g/mol. The van der Waals surface area contributed by atoms with E-state index in [-0.39, 0.29) is 0 Å². The largest absolute Gasteiger partial charge is 0.477 e. The van der Waals surface area contributed by atoms with Gasteiger partial charge in [0, 0.05) is 36.1 Å². The minimum absolute atomic E-state index is 0.473. The van der Waals surface area contributed by atoms with Gasteiger partial charge in [-0.05, 0) is 74.1 Å². The van der Waals surface area contributed by atoms with Crippen molar-refractivity contribution < 1.29 is 14.3 Å². The van der Waals surface area contributed by atoms with Gasteiger partial charge in [-0.2, -0.15) is 0 Å². The molecule has 2 aromatic heterocycles. The number of nitrogens with zero attached hydrogens (tertiary/aromatic N) is 3. The Morgan fingerprint density at radius 1 is 1.12 bits per heavy atom. The van der Waals surface area contributed by atoms with Gasteiger partial charge in [-0.15, -0.1) is 0 Å². The molecule has 1 amide bonds. The first-order chi connectivity index (χ1) is 16.6. The number of carbonyl (C=O) groups is 1. The van der Waals surface area contributed by atoms with E-state index < -0.39 is 6.09 Å². The van der Waals surface area contributed by atoms with Crippen LogP contribution in [0.1, 0.15) is 32.3 Å². The molecule has 8 nitrogen and oxygen atoms in total. The maximum Gasteiger partial charge on any atom is 0.412 e. The van der Waals surface area contributed by atoms with Crippen LogP contribution in [-0.2, 0) is 11.3 Å². The lowest BCUT2D eigenvalue weighted by molar-refractivity contribution is 0.157. The van der Waals surface area contributed by atoms with Crippen LogP contribution in [-0.4, -0.2) is 54.8 Å². The summed E-state index contributed by atoms with van der Waals surface area (Å²) in [7, 11) is 3.49. The molecule has 1 aromatic carbocycles. The third kappa shape index (κ3) is 7.05. The van der Waals surface area contributed by atoms with Crippen LogP contribution in [0, 0.1) is 5.92 Å². The van der Waals surface area contributed by atoms with Crippen molar-refractivity contribution >= 4 is 28.4 Å². The number of aromatic nitrogens is 2. The van der Waals surface area contributed by atoms with E-state index in [2.05, 4.69) is 37.3 Å². The molecule has 4 rings (SSSR count). The molecule has 182 valence electrons. The molecule has 2 N–H and O–H groups in total. The van der Waals surface area contributed by atoms with Crippen LogP contribution in [0.15, 0.2) is 48.8 Å². The van der Waals surface area contributed by atoms with E-state index in [4.69, 9.17) is 4.74 Å². The summed E-state index contributed by atoms with van der Waals surface area (Å²) in [6.07, 6.45) is 5.33. The minimum Gasteiger partial charge on any atom is -0.477 e. The molecular formula is C26H35N5O3. The molecule has 0 unspecified atom stereocenters. The summed E-state index contributed by atoms with van der Waals surface area (Å²) in [6, 6.07) is 11.8. The minimum atomic E-state index is -0.543. The molecule has 1 aliphatic rings. The number of nitrogens with one attached hydrogen (secondary N) is 2. The average Bonchev–Trinajstić information content (AvgIpc) is 2.89. The van der Waals surface area contributed by atoms with Gasteiger partial charge in [0.2, 0.25) is 5.88 Å². The van der Waals surface area contributed by atoms with E-state index in [0.717, 1.165) is 41.7 Å².